The summed E-state index contributed by atoms with van der Waals surface area (Å²) < 4.78 is 18.9. The van der Waals surface area contributed by atoms with Gasteiger partial charge in [0.1, 0.15) is 11.6 Å². The Balaban J connectivity index is 1.71. The van der Waals surface area contributed by atoms with Crippen molar-refractivity contribution in [2.45, 2.75) is 12.3 Å². The molecule has 2 aliphatic heterocycles. The maximum Gasteiger partial charge on any atom is 0.226 e. The summed E-state index contributed by atoms with van der Waals surface area (Å²) in [6.45, 7) is 2.96. The Kier molecular flexibility index (Phi) is 3.74. The molecule has 1 saturated heterocycles. The Morgan fingerprint density at radius 3 is 2.96 bits per heavy atom. The van der Waals surface area contributed by atoms with Gasteiger partial charge >= 0.3 is 0 Å². The van der Waals surface area contributed by atoms with Crippen LogP contribution in [0.3, 0.4) is 0 Å². The summed E-state index contributed by atoms with van der Waals surface area (Å²) in [6.07, 6.45) is 0.321. The van der Waals surface area contributed by atoms with E-state index in [-0.39, 0.29) is 17.6 Å². The van der Waals surface area contributed by atoms with Crippen LogP contribution in [0.25, 0.3) is 0 Å². The number of hydrogen-bond acceptors (Lipinski definition) is 5. The molecule has 1 amide bonds. The first-order valence-corrected chi connectivity index (χ1v) is 8.41. The molecule has 4 rings (SSSR count). The van der Waals surface area contributed by atoms with Gasteiger partial charge in [0.2, 0.25) is 5.91 Å². The number of amides is 1. The van der Waals surface area contributed by atoms with Gasteiger partial charge < -0.3 is 15.0 Å². The van der Waals surface area contributed by atoms with Crippen LogP contribution in [0.1, 0.15) is 22.8 Å². The van der Waals surface area contributed by atoms with Gasteiger partial charge in [-0.3, -0.25) is 4.79 Å². The standard InChI is InChI=1S/C16H16FN3O2S/c17-11-3-1-2-10(8-11)12-9-13(21)18-15-14(12)23-16(19-15)20-4-6-22-7-5-20/h1-3,8,12H,4-7,9H2,(H,18,21)/t12-/m1/s1. The Morgan fingerprint density at radius 2 is 2.17 bits per heavy atom. The van der Waals surface area contributed by atoms with Crippen molar-refractivity contribution in [2.75, 3.05) is 36.5 Å². The molecule has 1 aromatic carbocycles. The predicted molar refractivity (Wildman–Crippen MR) is 86.6 cm³/mol. The highest BCUT2D eigenvalue weighted by Gasteiger charge is 2.31. The number of nitrogens with zero attached hydrogens (tertiary/aromatic N) is 2. The zero-order chi connectivity index (χ0) is 15.8. The molecule has 23 heavy (non-hydrogen) atoms. The van der Waals surface area contributed by atoms with E-state index in [1.807, 2.05) is 6.07 Å². The molecule has 0 aliphatic carbocycles. The Hall–Kier alpha value is -1.99. The van der Waals surface area contributed by atoms with E-state index in [1.54, 1.807) is 17.4 Å². The van der Waals surface area contributed by atoms with Gasteiger partial charge in [-0.05, 0) is 17.7 Å². The number of nitrogens with one attached hydrogen (secondary N) is 1. The molecule has 1 aromatic heterocycles. The van der Waals surface area contributed by atoms with Gasteiger partial charge in [0, 0.05) is 25.4 Å². The molecule has 2 aliphatic rings. The van der Waals surface area contributed by atoms with Crippen LogP contribution in [0.15, 0.2) is 24.3 Å². The van der Waals surface area contributed by atoms with Gasteiger partial charge in [-0.15, -0.1) is 0 Å². The van der Waals surface area contributed by atoms with Crippen molar-refractivity contribution >= 4 is 28.2 Å². The third-order valence-electron chi connectivity index (χ3n) is 4.14. The summed E-state index contributed by atoms with van der Waals surface area (Å²) in [7, 11) is 0. The van der Waals surface area contributed by atoms with Gasteiger partial charge in [0.05, 0.1) is 18.1 Å². The zero-order valence-electron chi connectivity index (χ0n) is 12.4. The summed E-state index contributed by atoms with van der Waals surface area (Å²) in [4.78, 5) is 19.8. The number of carbonyl (C=O) groups is 1. The lowest BCUT2D eigenvalue weighted by molar-refractivity contribution is -0.116. The minimum Gasteiger partial charge on any atom is -0.378 e. The van der Waals surface area contributed by atoms with E-state index in [2.05, 4.69) is 15.2 Å². The van der Waals surface area contributed by atoms with E-state index < -0.39 is 0 Å². The maximum absolute atomic E-state index is 13.6. The molecule has 2 aromatic rings. The maximum atomic E-state index is 13.6. The molecule has 1 N–H and O–H groups in total. The average Bonchev–Trinajstić information content (AvgIpc) is 2.98. The summed E-state index contributed by atoms with van der Waals surface area (Å²) in [5.41, 5.74) is 0.818. The van der Waals surface area contributed by atoms with E-state index in [0.29, 0.717) is 25.5 Å². The van der Waals surface area contributed by atoms with E-state index in [1.165, 1.54) is 12.1 Å². The number of thiazole rings is 1. The number of benzene rings is 1. The highest BCUT2D eigenvalue weighted by Crippen LogP contribution is 2.43. The van der Waals surface area contributed by atoms with Gasteiger partial charge in [-0.2, -0.15) is 0 Å². The van der Waals surface area contributed by atoms with Gasteiger partial charge in [-0.25, -0.2) is 9.37 Å². The fraction of sp³-hybridized carbons (Fsp3) is 0.375. The van der Waals surface area contributed by atoms with Crippen molar-refractivity contribution in [3.05, 3.63) is 40.5 Å². The minimum absolute atomic E-state index is 0.0782. The predicted octanol–water partition coefficient (Wildman–Crippen LogP) is 2.59. The van der Waals surface area contributed by atoms with Crippen LogP contribution in [-0.2, 0) is 9.53 Å². The molecule has 0 saturated carbocycles. The number of rotatable bonds is 2. The number of ether oxygens (including phenoxy) is 1. The largest absolute Gasteiger partial charge is 0.378 e. The summed E-state index contributed by atoms with van der Waals surface area (Å²) in [5, 5.41) is 3.73. The molecular formula is C16H16FN3O2S. The zero-order valence-corrected chi connectivity index (χ0v) is 13.2. The number of carbonyl (C=O) groups excluding carboxylic acids is 1. The minimum atomic E-state index is -0.284. The Labute approximate surface area is 137 Å². The smallest absolute Gasteiger partial charge is 0.226 e. The molecule has 1 fully saturated rings. The monoisotopic (exact) mass is 333 g/mol. The number of aromatic nitrogens is 1. The first kappa shape index (κ1) is 14.6. The Bertz CT molecular complexity index is 743. The molecule has 3 heterocycles. The second-order valence-corrected chi connectivity index (χ2v) is 6.68. The quantitative estimate of drug-likeness (QED) is 0.918. The molecule has 7 heteroatoms. The van der Waals surface area contributed by atoms with E-state index >= 15 is 0 Å². The van der Waals surface area contributed by atoms with Crippen molar-refractivity contribution in [2.24, 2.45) is 0 Å². The highest BCUT2D eigenvalue weighted by molar-refractivity contribution is 7.16. The molecule has 0 radical (unpaired) electrons. The Morgan fingerprint density at radius 1 is 1.35 bits per heavy atom. The van der Waals surface area contributed by atoms with Crippen LogP contribution in [-0.4, -0.2) is 37.2 Å². The first-order chi connectivity index (χ1) is 11.2. The van der Waals surface area contributed by atoms with Crippen molar-refractivity contribution < 1.29 is 13.9 Å². The van der Waals surface area contributed by atoms with Crippen molar-refractivity contribution in [3.63, 3.8) is 0 Å². The number of hydrogen-bond donors (Lipinski definition) is 1. The first-order valence-electron chi connectivity index (χ1n) is 7.59. The van der Waals surface area contributed by atoms with E-state index in [4.69, 9.17) is 4.74 Å². The van der Waals surface area contributed by atoms with Crippen molar-refractivity contribution in [1.82, 2.24) is 4.98 Å². The van der Waals surface area contributed by atoms with Crippen LogP contribution in [0, 0.1) is 5.82 Å². The van der Waals surface area contributed by atoms with Crippen LogP contribution in [0.5, 0.6) is 0 Å². The molecule has 120 valence electrons. The molecule has 0 bridgehead atoms. The van der Waals surface area contributed by atoms with Gasteiger partial charge in [0.15, 0.2) is 5.13 Å². The summed E-state index contributed by atoms with van der Waals surface area (Å²) in [5.74, 6) is 0.113. The van der Waals surface area contributed by atoms with Gasteiger partial charge in [0.25, 0.3) is 0 Å². The third-order valence-corrected chi connectivity index (χ3v) is 5.37. The van der Waals surface area contributed by atoms with Crippen LogP contribution in [0.2, 0.25) is 0 Å². The molecule has 5 nitrogen and oxygen atoms in total. The van der Waals surface area contributed by atoms with Crippen LogP contribution in [0.4, 0.5) is 15.3 Å². The summed E-state index contributed by atoms with van der Waals surface area (Å²) >= 11 is 1.57. The van der Waals surface area contributed by atoms with Crippen LogP contribution >= 0.6 is 11.3 Å². The topological polar surface area (TPSA) is 54.5 Å². The molecule has 0 spiro atoms. The number of morpholine rings is 1. The SMILES string of the molecule is O=C1C[C@H](c2cccc(F)c2)c2sc(N3CCOCC3)nc2N1. The summed E-state index contributed by atoms with van der Waals surface area (Å²) in [6, 6.07) is 6.46. The second-order valence-electron chi connectivity index (χ2n) is 5.67. The molecular weight excluding hydrogens is 317 g/mol. The normalized spacial score (nSPS) is 21.0. The van der Waals surface area contributed by atoms with Crippen LogP contribution < -0.4 is 10.2 Å². The van der Waals surface area contributed by atoms with Gasteiger partial charge in [-0.1, -0.05) is 23.5 Å². The lowest BCUT2D eigenvalue weighted by Crippen LogP contribution is -2.36. The number of fused-ring (bicyclic) bond motifs is 1. The van der Waals surface area contributed by atoms with E-state index in [0.717, 1.165) is 28.7 Å². The fourth-order valence-corrected chi connectivity index (χ4v) is 4.19. The second kappa shape index (κ2) is 5.90. The number of halogens is 1. The van der Waals surface area contributed by atoms with Crippen molar-refractivity contribution in [1.29, 1.82) is 0 Å². The highest BCUT2D eigenvalue weighted by atomic mass is 32.1. The lowest BCUT2D eigenvalue weighted by atomic mass is 9.91. The molecule has 1 atom stereocenters. The van der Waals surface area contributed by atoms with E-state index in [9.17, 15) is 9.18 Å². The molecule has 0 unspecified atom stereocenters. The number of anilines is 2. The lowest BCUT2D eigenvalue weighted by Gasteiger charge is -2.26. The fourth-order valence-electron chi connectivity index (χ4n) is 2.99. The van der Waals surface area contributed by atoms with Crippen molar-refractivity contribution in [3.8, 4) is 0 Å². The third kappa shape index (κ3) is 2.82. The average molecular weight is 333 g/mol.